The van der Waals surface area contributed by atoms with E-state index in [9.17, 15) is 38.7 Å². The Balaban J connectivity index is 0.749. The van der Waals surface area contributed by atoms with E-state index in [1.807, 2.05) is 36.5 Å². The fourth-order valence-electron chi connectivity index (χ4n) is 14.3. The minimum Gasteiger partial charge on any atom is -0.462 e. The number of aliphatic hydroxyl groups excluding tert-OH is 1. The number of ether oxygens (including phenoxy) is 5. The highest BCUT2D eigenvalue weighted by Crippen LogP contribution is 2.37. The molecule has 0 aliphatic carbocycles. The Morgan fingerprint density at radius 1 is 0.556 bits per heavy atom. The van der Waals surface area contributed by atoms with Crippen molar-refractivity contribution in [2.24, 2.45) is 0 Å². The van der Waals surface area contributed by atoms with Gasteiger partial charge in [0.2, 0.25) is 11.8 Å². The smallest absolute Gasteiger partial charge is 0.334 e. The molecule has 0 aromatic heterocycles. The molecule has 7 N–H and O–H groups in total. The first-order valence-corrected chi connectivity index (χ1v) is 38.1. The predicted molar refractivity (Wildman–Crippen MR) is 354 cm³/mol. The molecule has 0 bridgehead atoms. The maximum atomic E-state index is 13.5. The molecule has 6 fully saturated rings. The summed E-state index contributed by atoms with van der Waals surface area (Å²) in [6, 6.07) is 0.682. The molecule has 7 aliphatic rings. The summed E-state index contributed by atoms with van der Waals surface area (Å²) in [6.45, 7) is 5.27. The molecule has 14 atom stereocenters. The van der Waals surface area contributed by atoms with Crippen LogP contribution in [0.2, 0.25) is 0 Å². The fourth-order valence-corrected chi connectivity index (χ4v) is 17.4. The summed E-state index contributed by atoms with van der Waals surface area (Å²) < 4.78 is 30.9. The van der Waals surface area contributed by atoms with Gasteiger partial charge in [0, 0.05) is 66.4 Å². The van der Waals surface area contributed by atoms with Crippen LogP contribution < -0.4 is 31.9 Å². The number of urea groups is 2. The Kier molecular flexibility index (Phi) is 34.2. The molecule has 90 heavy (non-hydrogen) atoms. The molecule has 1 unspecified atom stereocenters. The first-order chi connectivity index (χ1) is 43.8. The minimum atomic E-state index is -0.632. The Hall–Kier alpha value is -3.79. The van der Waals surface area contributed by atoms with E-state index < -0.39 is 6.10 Å². The van der Waals surface area contributed by atoms with Crippen LogP contribution >= 0.6 is 23.5 Å². The lowest BCUT2D eigenvalue weighted by Gasteiger charge is -2.26. The van der Waals surface area contributed by atoms with Gasteiger partial charge in [-0.25, -0.2) is 14.4 Å². The zero-order valence-electron chi connectivity index (χ0n) is 54.9. The summed E-state index contributed by atoms with van der Waals surface area (Å²) in [5.41, 5.74) is 0.832. The third kappa shape index (κ3) is 26.9. The van der Waals surface area contributed by atoms with Crippen LogP contribution in [0.25, 0.3) is 0 Å². The van der Waals surface area contributed by atoms with Gasteiger partial charge in [-0.2, -0.15) is 23.5 Å². The summed E-state index contributed by atoms with van der Waals surface area (Å²) in [5.74, 6) is 1.48. The topological polar surface area (TPSA) is 258 Å². The van der Waals surface area contributed by atoms with Crippen molar-refractivity contribution in [1.82, 2.24) is 31.9 Å². The van der Waals surface area contributed by atoms with Gasteiger partial charge in [0.15, 0.2) is 0 Å². The monoisotopic (exact) mass is 1300 g/mol. The highest BCUT2D eigenvalue weighted by Gasteiger charge is 2.45. The first-order valence-electron chi connectivity index (χ1n) is 36.0. The highest BCUT2D eigenvalue weighted by molar-refractivity contribution is 8.00. The highest BCUT2D eigenvalue weighted by atomic mass is 32.2. The third-order valence-electron chi connectivity index (χ3n) is 19.5. The van der Waals surface area contributed by atoms with E-state index in [4.69, 9.17) is 23.7 Å². The Morgan fingerprint density at radius 2 is 1.04 bits per heavy atom. The molecule has 0 aromatic rings. The van der Waals surface area contributed by atoms with Crippen molar-refractivity contribution in [2.75, 3.05) is 24.6 Å². The lowest BCUT2D eigenvalue weighted by Crippen LogP contribution is -2.36. The van der Waals surface area contributed by atoms with E-state index in [0.717, 1.165) is 190 Å². The molecule has 6 saturated heterocycles. The number of hydrogen-bond donors (Lipinski definition) is 7. The van der Waals surface area contributed by atoms with Gasteiger partial charge in [-0.3, -0.25) is 19.2 Å². The number of nitrogens with one attached hydrogen (secondary N) is 6. The third-order valence-corrected chi connectivity index (χ3v) is 22.5. The standard InChI is InChI=1S/C69H116N6O13S2/c1-3-4-5-17-29-50(85-63(79)37-19-14-25-43-70-61(77)35-23-21-33-59-65-51(46-89-59)72-68(82)74-65)30-27-31-53(76)54-39-40-57(86-54)58-42-41-56(87-58)55(32-18-13-11-9-7-6-8-10-12-16-28-49-45-48(2)84-67(49)81)88-64(80)38-20-15-26-44-71-62(78)36-24-22-34-60-66-52(47-90-60)73-69(83)75-66/h45,48,50-60,65-66,76H,3-44,46-47H2,1-2H3,(H,70,77)(H,71,78)(H2,72,74,82)(H2,73,75,83)/t48-,50-,51-,52-,53-,54+,55+,56+,57+,58+,59-,60?,65-,66-/m0/s1. The summed E-state index contributed by atoms with van der Waals surface area (Å²) >= 11 is 3.80. The number of carbonyl (C=O) groups is 7. The zero-order valence-corrected chi connectivity index (χ0v) is 56.6. The molecule has 0 spiro atoms. The Bertz CT molecular complexity index is 2210. The van der Waals surface area contributed by atoms with Crippen LogP contribution in [0.5, 0.6) is 0 Å². The zero-order chi connectivity index (χ0) is 63.7. The van der Waals surface area contributed by atoms with Gasteiger partial charge in [0.05, 0.1) is 54.7 Å². The number of cyclic esters (lactones) is 1. The number of carbonyl (C=O) groups excluding carboxylic acids is 7. The molecular formula is C69H116N6O13S2. The van der Waals surface area contributed by atoms with Crippen LogP contribution in [-0.4, -0.2) is 155 Å². The van der Waals surface area contributed by atoms with Gasteiger partial charge in [0.1, 0.15) is 18.3 Å². The fraction of sp³-hybridized carbons (Fsp3) is 0.870. The number of hydrogen-bond acceptors (Lipinski definition) is 15. The molecule has 21 heteroatoms. The lowest BCUT2D eigenvalue weighted by atomic mass is 9.99. The number of rotatable bonds is 49. The van der Waals surface area contributed by atoms with Crippen LogP contribution in [-0.2, 0) is 47.7 Å². The van der Waals surface area contributed by atoms with Crippen molar-refractivity contribution in [2.45, 2.75) is 354 Å². The number of thioether (sulfide) groups is 2. The number of esters is 3. The maximum Gasteiger partial charge on any atom is 0.334 e. The van der Waals surface area contributed by atoms with Crippen molar-refractivity contribution in [3.8, 4) is 0 Å². The second-order valence-corrected chi connectivity index (χ2v) is 29.5. The van der Waals surface area contributed by atoms with E-state index in [0.29, 0.717) is 75.0 Å². The molecule has 6 amide bonds. The van der Waals surface area contributed by atoms with E-state index in [1.165, 1.54) is 32.1 Å². The first kappa shape index (κ1) is 73.6. The summed E-state index contributed by atoms with van der Waals surface area (Å²) in [5, 5.41) is 30.4. The van der Waals surface area contributed by atoms with Crippen molar-refractivity contribution < 1.29 is 62.4 Å². The van der Waals surface area contributed by atoms with E-state index in [2.05, 4.69) is 38.8 Å². The summed E-state index contributed by atoms with van der Waals surface area (Å²) in [6.07, 6.45) is 35.0. The van der Waals surface area contributed by atoms with Crippen molar-refractivity contribution in [3.63, 3.8) is 0 Å². The van der Waals surface area contributed by atoms with Crippen LogP contribution in [0.3, 0.4) is 0 Å². The average molecular weight is 1300 g/mol. The van der Waals surface area contributed by atoms with E-state index >= 15 is 0 Å². The minimum absolute atomic E-state index is 0.0607. The van der Waals surface area contributed by atoms with E-state index in [-0.39, 0.29) is 109 Å². The molecule has 0 aromatic carbocycles. The quantitative estimate of drug-likeness (QED) is 0.0129. The molecule has 7 heterocycles. The molecular weight excluding hydrogens is 1180 g/mol. The van der Waals surface area contributed by atoms with Gasteiger partial charge in [-0.15, -0.1) is 0 Å². The van der Waals surface area contributed by atoms with Gasteiger partial charge in [0.25, 0.3) is 0 Å². The molecule has 0 saturated carbocycles. The van der Waals surface area contributed by atoms with Crippen LogP contribution in [0.4, 0.5) is 9.59 Å². The number of amides is 6. The Labute approximate surface area is 547 Å². The second-order valence-electron chi connectivity index (χ2n) is 27.0. The van der Waals surface area contributed by atoms with Gasteiger partial charge >= 0.3 is 30.0 Å². The average Bonchev–Trinajstić information content (AvgIpc) is 3.11. The van der Waals surface area contributed by atoms with Crippen molar-refractivity contribution in [1.29, 1.82) is 0 Å². The predicted octanol–water partition coefficient (Wildman–Crippen LogP) is 11.8. The van der Waals surface area contributed by atoms with Crippen LogP contribution in [0.1, 0.15) is 271 Å². The molecule has 512 valence electrons. The number of fused-ring (bicyclic) bond motifs is 2. The molecule has 19 nitrogen and oxygen atoms in total. The second kappa shape index (κ2) is 41.8. The van der Waals surface area contributed by atoms with Crippen molar-refractivity contribution in [3.05, 3.63) is 11.6 Å². The summed E-state index contributed by atoms with van der Waals surface area (Å²) in [7, 11) is 0. The maximum absolute atomic E-state index is 13.5. The van der Waals surface area contributed by atoms with Crippen LogP contribution in [0, 0.1) is 0 Å². The van der Waals surface area contributed by atoms with Crippen LogP contribution in [0.15, 0.2) is 11.6 Å². The number of aliphatic hydroxyl groups is 1. The largest absolute Gasteiger partial charge is 0.462 e. The SMILES string of the molecule is CCCCCC[C@@H](CCC[C@H](O)[C@H]1CC[C@H]([C@H]2CC[C@H]([C@@H](CCCCCCCCCCCCC3=C[C@H](C)OC3=O)OC(=O)CCCCCNC(=O)CCCCC3SC[C@@H]4NC(=O)N[C@H]34)O2)O1)OC(=O)CCCCCNC(=O)CCCC[C@@H]1SC[C@@H]2NC(=O)N[C@@H]21. The molecule has 7 aliphatic heterocycles. The summed E-state index contributed by atoms with van der Waals surface area (Å²) in [4.78, 5) is 86.8. The van der Waals surface area contributed by atoms with Gasteiger partial charge in [-0.05, 0) is 148 Å². The Morgan fingerprint density at radius 3 is 1.61 bits per heavy atom. The number of unbranched alkanes of at least 4 members (excludes halogenated alkanes) is 18. The molecule has 7 rings (SSSR count). The molecule has 0 radical (unpaired) electrons. The van der Waals surface area contributed by atoms with Gasteiger partial charge in [-0.1, -0.05) is 103 Å². The lowest BCUT2D eigenvalue weighted by molar-refractivity contribution is -0.161. The van der Waals surface area contributed by atoms with Crippen molar-refractivity contribution >= 4 is 65.3 Å². The normalized spacial score (nSPS) is 26.8. The van der Waals surface area contributed by atoms with E-state index in [1.54, 1.807) is 0 Å². The van der Waals surface area contributed by atoms with Gasteiger partial charge < -0.3 is 60.7 Å².